The van der Waals surface area contributed by atoms with Crippen molar-refractivity contribution in [2.24, 2.45) is 0 Å². The number of carbonyl (C=O) groups is 1. The minimum atomic E-state index is 0.0907. The summed E-state index contributed by atoms with van der Waals surface area (Å²) in [5.74, 6) is 0.872. The second kappa shape index (κ2) is 8.06. The first-order valence-electron chi connectivity index (χ1n) is 9.00. The summed E-state index contributed by atoms with van der Waals surface area (Å²) in [6.45, 7) is 2.82. The molecule has 0 radical (unpaired) electrons. The minimum absolute atomic E-state index is 0.0907. The monoisotopic (exact) mass is 338 g/mol. The molecule has 4 heteroatoms. The second-order valence-corrected chi connectivity index (χ2v) is 6.39. The van der Waals surface area contributed by atoms with E-state index in [1.54, 1.807) is 0 Å². The molecule has 1 amide bonds. The van der Waals surface area contributed by atoms with E-state index in [-0.39, 0.29) is 18.5 Å². The van der Waals surface area contributed by atoms with Crippen molar-refractivity contribution in [3.63, 3.8) is 0 Å². The number of fused-ring (bicyclic) bond motifs is 1. The number of anilines is 1. The first-order chi connectivity index (χ1) is 12.2. The average molecular weight is 338 g/mol. The molecule has 4 nitrogen and oxygen atoms in total. The molecule has 3 rings (SSSR count). The van der Waals surface area contributed by atoms with Gasteiger partial charge in [0.25, 0.3) is 0 Å². The van der Waals surface area contributed by atoms with Gasteiger partial charge in [-0.2, -0.15) is 0 Å². The van der Waals surface area contributed by atoms with Crippen LogP contribution in [0, 0.1) is 0 Å². The largest absolute Gasteiger partial charge is 0.492 e. The number of rotatable bonds is 6. The van der Waals surface area contributed by atoms with Crippen LogP contribution in [0.1, 0.15) is 36.9 Å². The lowest BCUT2D eigenvalue weighted by Crippen LogP contribution is -2.37. The Morgan fingerprint density at radius 2 is 1.96 bits per heavy atom. The summed E-state index contributed by atoms with van der Waals surface area (Å²) < 4.78 is 5.61. The summed E-state index contributed by atoms with van der Waals surface area (Å²) in [5.41, 5.74) is 3.52. The van der Waals surface area contributed by atoms with Crippen LogP contribution in [-0.4, -0.2) is 31.0 Å². The molecule has 0 aliphatic heterocycles. The quantitative estimate of drug-likeness (QED) is 0.864. The molecule has 0 aromatic heterocycles. The van der Waals surface area contributed by atoms with Gasteiger partial charge in [-0.15, -0.1) is 0 Å². The fourth-order valence-corrected chi connectivity index (χ4v) is 3.49. The maximum absolute atomic E-state index is 12.7. The van der Waals surface area contributed by atoms with Crippen molar-refractivity contribution < 1.29 is 9.53 Å². The lowest BCUT2D eigenvalue weighted by Gasteiger charge is -2.33. The number of nitrogens with one attached hydrogen (secondary N) is 1. The predicted molar refractivity (Wildman–Crippen MR) is 101 cm³/mol. The van der Waals surface area contributed by atoms with Crippen LogP contribution in [-0.2, 0) is 11.2 Å². The first kappa shape index (κ1) is 17.3. The van der Waals surface area contributed by atoms with Gasteiger partial charge >= 0.3 is 0 Å². The lowest BCUT2D eigenvalue weighted by molar-refractivity contribution is -0.130. The molecule has 1 atom stereocenters. The molecule has 0 saturated carbocycles. The smallest absolute Gasteiger partial charge is 0.242 e. The van der Waals surface area contributed by atoms with Crippen LogP contribution in [0.25, 0.3) is 0 Å². The Kier molecular flexibility index (Phi) is 5.59. The lowest BCUT2D eigenvalue weighted by atomic mass is 9.87. The van der Waals surface area contributed by atoms with Crippen LogP contribution >= 0.6 is 0 Å². The number of aryl methyl sites for hydroxylation is 1. The maximum atomic E-state index is 12.7. The highest BCUT2D eigenvalue weighted by Gasteiger charge is 2.26. The summed E-state index contributed by atoms with van der Waals surface area (Å²) >= 11 is 0. The Bertz CT molecular complexity index is 729. The molecular formula is C21H26N2O2. The number of amides is 1. The van der Waals surface area contributed by atoms with E-state index in [1.165, 1.54) is 11.1 Å². The summed E-state index contributed by atoms with van der Waals surface area (Å²) in [6.07, 6.45) is 3.25. The van der Waals surface area contributed by atoms with Crippen LogP contribution in [0.2, 0.25) is 0 Å². The van der Waals surface area contributed by atoms with Gasteiger partial charge in [0.2, 0.25) is 5.91 Å². The van der Waals surface area contributed by atoms with Crippen LogP contribution in [0.3, 0.4) is 0 Å². The van der Waals surface area contributed by atoms with Gasteiger partial charge in [0.1, 0.15) is 5.75 Å². The van der Waals surface area contributed by atoms with Crippen molar-refractivity contribution >= 4 is 11.6 Å². The van der Waals surface area contributed by atoms with E-state index in [0.717, 1.165) is 30.7 Å². The van der Waals surface area contributed by atoms with E-state index in [2.05, 4.69) is 29.6 Å². The molecule has 0 fully saturated rings. The second-order valence-electron chi connectivity index (χ2n) is 6.39. The highest BCUT2D eigenvalue weighted by Crippen LogP contribution is 2.33. The Morgan fingerprint density at radius 1 is 1.20 bits per heavy atom. The number of nitrogens with zero attached hydrogens (tertiary/aromatic N) is 1. The molecule has 0 bridgehead atoms. The molecule has 0 saturated heterocycles. The van der Waals surface area contributed by atoms with E-state index < -0.39 is 0 Å². The van der Waals surface area contributed by atoms with Gasteiger partial charge in [-0.05, 0) is 49.4 Å². The fraction of sp³-hybridized carbons (Fsp3) is 0.381. The van der Waals surface area contributed by atoms with Crippen molar-refractivity contribution in [1.82, 2.24) is 4.90 Å². The summed E-state index contributed by atoms with van der Waals surface area (Å²) in [4.78, 5) is 14.6. The Balaban J connectivity index is 1.66. The van der Waals surface area contributed by atoms with Crippen molar-refractivity contribution in [3.05, 3.63) is 59.7 Å². The minimum Gasteiger partial charge on any atom is -0.492 e. The Morgan fingerprint density at radius 3 is 2.80 bits per heavy atom. The van der Waals surface area contributed by atoms with Gasteiger partial charge < -0.3 is 15.0 Å². The van der Waals surface area contributed by atoms with E-state index in [1.807, 2.05) is 43.1 Å². The topological polar surface area (TPSA) is 41.6 Å². The van der Waals surface area contributed by atoms with E-state index in [0.29, 0.717) is 6.61 Å². The zero-order valence-corrected chi connectivity index (χ0v) is 15.0. The molecule has 1 aliphatic carbocycles. The highest BCUT2D eigenvalue weighted by molar-refractivity contribution is 5.81. The molecule has 25 heavy (non-hydrogen) atoms. The molecule has 0 heterocycles. The number of ether oxygens (including phenoxy) is 1. The van der Waals surface area contributed by atoms with Gasteiger partial charge in [-0.3, -0.25) is 4.79 Å². The van der Waals surface area contributed by atoms with E-state index in [4.69, 9.17) is 4.74 Å². The standard InChI is InChI=1S/C21H26N2O2/c1-3-25-20-14-7-6-12-18(20)22-15-21(24)23(2)19-13-8-10-16-9-4-5-11-17(16)19/h4-7,9,11-12,14,19,22H,3,8,10,13,15H2,1-2H3. The van der Waals surface area contributed by atoms with Crippen molar-refractivity contribution in [2.75, 3.05) is 25.5 Å². The van der Waals surface area contributed by atoms with Crippen molar-refractivity contribution in [1.29, 1.82) is 0 Å². The van der Waals surface area contributed by atoms with Gasteiger partial charge in [-0.25, -0.2) is 0 Å². The maximum Gasteiger partial charge on any atom is 0.242 e. The summed E-state index contributed by atoms with van der Waals surface area (Å²) in [5, 5.41) is 3.23. The summed E-state index contributed by atoms with van der Waals surface area (Å²) in [7, 11) is 1.91. The number of benzene rings is 2. The third kappa shape index (κ3) is 3.95. The molecular weight excluding hydrogens is 312 g/mol. The number of likely N-dealkylation sites (N-methyl/N-ethyl adjacent to an activating group) is 1. The SMILES string of the molecule is CCOc1ccccc1NCC(=O)N(C)C1CCCc2ccccc21. The van der Waals surface area contributed by atoms with Crippen molar-refractivity contribution in [2.45, 2.75) is 32.2 Å². The van der Waals surface area contributed by atoms with Crippen molar-refractivity contribution in [3.8, 4) is 5.75 Å². The molecule has 132 valence electrons. The zero-order valence-electron chi connectivity index (χ0n) is 15.0. The Labute approximate surface area is 149 Å². The highest BCUT2D eigenvalue weighted by atomic mass is 16.5. The van der Waals surface area contributed by atoms with Crippen LogP contribution in [0.15, 0.2) is 48.5 Å². The third-order valence-corrected chi connectivity index (χ3v) is 4.82. The normalized spacial score (nSPS) is 16.0. The third-order valence-electron chi connectivity index (χ3n) is 4.82. The number of carbonyl (C=O) groups excluding carboxylic acids is 1. The molecule has 2 aromatic rings. The van der Waals surface area contributed by atoms with Gasteiger partial charge in [0.15, 0.2) is 0 Å². The molecule has 1 aliphatic rings. The van der Waals surface area contributed by atoms with E-state index >= 15 is 0 Å². The molecule has 0 spiro atoms. The van der Waals surface area contributed by atoms with Crippen LogP contribution in [0.5, 0.6) is 5.75 Å². The number of hydrogen-bond acceptors (Lipinski definition) is 3. The predicted octanol–water partition coefficient (Wildman–Crippen LogP) is 4.03. The first-order valence-corrected chi connectivity index (χ1v) is 9.00. The number of para-hydroxylation sites is 2. The van der Waals surface area contributed by atoms with E-state index in [9.17, 15) is 4.79 Å². The molecule has 1 unspecified atom stereocenters. The van der Waals surface area contributed by atoms with Gasteiger partial charge in [0, 0.05) is 7.05 Å². The molecule has 1 N–H and O–H groups in total. The summed E-state index contributed by atoms with van der Waals surface area (Å²) in [6, 6.07) is 16.4. The number of hydrogen-bond donors (Lipinski definition) is 1. The fourth-order valence-electron chi connectivity index (χ4n) is 3.49. The molecule has 2 aromatic carbocycles. The average Bonchev–Trinajstić information content (AvgIpc) is 2.66. The Hall–Kier alpha value is -2.49. The van der Waals surface area contributed by atoms with Crippen LogP contribution in [0.4, 0.5) is 5.69 Å². The van der Waals surface area contributed by atoms with Gasteiger partial charge in [-0.1, -0.05) is 36.4 Å². The van der Waals surface area contributed by atoms with Gasteiger partial charge in [0.05, 0.1) is 24.9 Å². The van der Waals surface area contributed by atoms with Crippen LogP contribution < -0.4 is 10.1 Å². The zero-order chi connectivity index (χ0) is 17.6.